The molecule has 2 aromatic carbocycles. The lowest BCUT2D eigenvalue weighted by atomic mass is 10.1. The lowest BCUT2D eigenvalue weighted by Crippen LogP contribution is -2.29. The Morgan fingerprint density at radius 1 is 1.04 bits per heavy atom. The molecule has 0 spiro atoms. The highest BCUT2D eigenvalue weighted by Crippen LogP contribution is 2.23. The highest BCUT2D eigenvalue weighted by Gasteiger charge is 2.30. The second-order valence-electron chi connectivity index (χ2n) is 6.45. The fraction of sp³-hybridized carbons (Fsp3) is 0.238. The minimum absolute atomic E-state index is 0.161. The molecule has 1 N–H and O–H groups in total. The van der Waals surface area contributed by atoms with Gasteiger partial charge in [-0.2, -0.15) is 0 Å². The second kappa shape index (κ2) is 8.47. The number of hydrogen-bond acceptors (Lipinski definition) is 5. The van der Waals surface area contributed by atoms with Crippen molar-refractivity contribution in [1.29, 1.82) is 0 Å². The number of esters is 1. The number of hydrogen-bond donors (Lipinski definition) is 1. The number of benzene rings is 2. The predicted octanol–water partition coefficient (Wildman–Crippen LogP) is 2.12. The smallest absolute Gasteiger partial charge is 0.338 e. The first kappa shape index (κ1) is 19.3. The number of nitrogens with one attached hydrogen (secondary N) is 1. The van der Waals surface area contributed by atoms with E-state index in [2.05, 4.69) is 5.32 Å². The molecular weight excluding hydrogens is 360 g/mol. The number of rotatable bonds is 6. The molecule has 7 heteroatoms. The van der Waals surface area contributed by atoms with Gasteiger partial charge in [-0.25, -0.2) is 4.79 Å². The van der Waals surface area contributed by atoms with Crippen molar-refractivity contribution >= 4 is 29.4 Å². The summed E-state index contributed by atoms with van der Waals surface area (Å²) in [5.74, 6) is -1.72. The summed E-state index contributed by atoms with van der Waals surface area (Å²) < 4.78 is 5.04. The van der Waals surface area contributed by atoms with Crippen LogP contribution >= 0.6 is 0 Å². The Bertz CT molecular complexity index is 922. The van der Waals surface area contributed by atoms with Crippen molar-refractivity contribution in [3.63, 3.8) is 0 Å². The molecule has 28 heavy (non-hydrogen) atoms. The molecule has 0 atom stereocenters. The third-order valence-corrected chi connectivity index (χ3v) is 4.46. The predicted molar refractivity (Wildman–Crippen MR) is 101 cm³/mol. The van der Waals surface area contributed by atoms with Gasteiger partial charge in [0.05, 0.1) is 11.3 Å². The van der Waals surface area contributed by atoms with Crippen LogP contribution in [0.1, 0.15) is 34.3 Å². The molecule has 3 amide bonds. The maximum Gasteiger partial charge on any atom is 0.338 e. The van der Waals surface area contributed by atoms with Crippen molar-refractivity contribution in [1.82, 2.24) is 5.32 Å². The SMILES string of the molecule is Cc1ccccc1CNC(=O)COC(=O)c1cccc(N2C(=O)CCC2=O)c1. The number of carbonyl (C=O) groups is 4. The molecule has 144 valence electrons. The van der Waals surface area contributed by atoms with Crippen molar-refractivity contribution in [3.05, 3.63) is 65.2 Å². The van der Waals surface area contributed by atoms with Crippen LogP contribution in [-0.2, 0) is 25.7 Å². The van der Waals surface area contributed by atoms with Crippen LogP contribution in [0, 0.1) is 6.92 Å². The van der Waals surface area contributed by atoms with E-state index >= 15 is 0 Å². The fourth-order valence-corrected chi connectivity index (χ4v) is 2.90. The summed E-state index contributed by atoms with van der Waals surface area (Å²) in [6.45, 7) is 1.87. The molecule has 0 aliphatic carbocycles. The first-order valence-corrected chi connectivity index (χ1v) is 8.90. The Morgan fingerprint density at radius 3 is 2.46 bits per heavy atom. The monoisotopic (exact) mass is 380 g/mol. The molecule has 3 rings (SSSR count). The Balaban J connectivity index is 1.55. The van der Waals surface area contributed by atoms with Gasteiger partial charge in [-0.3, -0.25) is 19.3 Å². The van der Waals surface area contributed by atoms with Crippen molar-refractivity contribution in [2.75, 3.05) is 11.5 Å². The molecule has 0 bridgehead atoms. The van der Waals surface area contributed by atoms with Gasteiger partial charge < -0.3 is 10.1 Å². The normalized spacial score (nSPS) is 13.5. The van der Waals surface area contributed by atoms with Crippen LogP contribution in [0.3, 0.4) is 0 Å². The van der Waals surface area contributed by atoms with E-state index in [0.29, 0.717) is 12.2 Å². The van der Waals surface area contributed by atoms with E-state index in [9.17, 15) is 19.2 Å². The molecule has 1 heterocycles. The molecule has 2 aromatic rings. The summed E-state index contributed by atoms with van der Waals surface area (Å²) in [6, 6.07) is 13.7. The largest absolute Gasteiger partial charge is 0.452 e. The Hall–Kier alpha value is -3.48. The number of nitrogens with zero attached hydrogens (tertiary/aromatic N) is 1. The summed E-state index contributed by atoms with van der Waals surface area (Å²) in [5, 5.41) is 2.70. The molecular formula is C21H20N2O5. The number of imide groups is 1. The third kappa shape index (κ3) is 4.43. The highest BCUT2D eigenvalue weighted by atomic mass is 16.5. The van der Waals surface area contributed by atoms with Crippen LogP contribution in [0.2, 0.25) is 0 Å². The summed E-state index contributed by atoms with van der Waals surface area (Å²) in [4.78, 5) is 48.9. The summed E-state index contributed by atoms with van der Waals surface area (Å²) in [6.07, 6.45) is 0.323. The molecule has 1 aliphatic rings. The molecule has 1 aliphatic heterocycles. The molecule has 1 fully saturated rings. The van der Waals surface area contributed by atoms with Crippen LogP contribution in [0.4, 0.5) is 5.69 Å². The number of anilines is 1. The Labute approximate surface area is 162 Å². The van der Waals surface area contributed by atoms with E-state index in [1.54, 1.807) is 12.1 Å². The molecule has 1 saturated heterocycles. The number of ether oxygens (including phenoxy) is 1. The molecule has 7 nitrogen and oxygen atoms in total. The number of carbonyl (C=O) groups excluding carboxylic acids is 4. The topological polar surface area (TPSA) is 92.8 Å². The minimum Gasteiger partial charge on any atom is -0.452 e. The van der Waals surface area contributed by atoms with Crippen LogP contribution < -0.4 is 10.2 Å². The Morgan fingerprint density at radius 2 is 1.75 bits per heavy atom. The maximum absolute atomic E-state index is 12.2. The minimum atomic E-state index is -0.702. The summed E-state index contributed by atoms with van der Waals surface area (Å²) in [5.41, 5.74) is 2.53. The first-order chi connectivity index (χ1) is 13.5. The zero-order valence-corrected chi connectivity index (χ0v) is 15.4. The van der Waals surface area contributed by atoms with E-state index in [1.165, 1.54) is 12.1 Å². The maximum atomic E-state index is 12.2. The van der Waals surface area contributed by atoms with Gasteiger partial charge in [0.1, 0.15) is 0 Å². The quantitative estimate of drug-likeness (QED) is 0.612. The zero-order chi connectivity index (χ0) is 20.1. The first-order valence-electron chi connectivity index (χ1n) is 8.90. The zero-order valence-electron chi connectivity index (χ0n) is 15.4. The lowest BCUT2D eigenvalue weighted by molar-refractivity contribution is -0.124. The van der Waals surface area contributed by atoms with Gasteiger partial charge >= 0.3 is 5.97 Å². The van der Waals surface area contributed by atoms with Gasteiger partial charge in [0.2, 0.25) is 11.8 Å². The van der Waals surface area contributed by atoms with Crippen molar-refractivity contribution < 1.29 is 23.9 Å². The number of aryl methyl sites for hydroxylation is 1. The van der Waals surface area contributed by atoms with Crippen molar-refractivity contribution in [3.8, 4) is 0 Å². The summed E-state index contributed by atoms with van der Waals surface area (Å²) in [7, 11) is 0. The van der Waals surface area contributed by atoms with Crippen LogP contribution in [0.15, 0.2) is 48.5 Å². The van der Waals surface area contributed by atoms with Crippen LogP contribution in [0.5, 0.6) is 0 Å². The van der Waals surface area contributed by atoms with Gasteiger partial charge in [0.25, 0.3) is 5.91 Å². The molecule has 0 saturated carbocycles. The fourth-order valence-electron chi connectivity index (χ4n) is 2.90. The van der Waals surface area contributed by atoms with Crippen LogP contribution in [-0.4, -0.2) is 30.3 Å². The molecule has 0 aromatic heterocycles. The van der Waals surface area contributed by atoms with E-state index in [0.717, 1.165) is 16.0 Å². The average molecular weight is 380 g/mol. The second-order valence-corrected chi connectivity index (χ2v) is 6.45. The van der Waals surface area contributed by atoms with E-state index < -0.39 is 18.5 Å². The standard InChI is InChI=1S/C21H20N2O5/c1-14-5-2-3-6-16(14)12-22-18(24)13-28-21(27)15-7-4-8-17(11-15)23-19(25)9-10-20(23)26/h2-8,11H,9-10,12-13H2,1H3,(H,22,24). The van der Waals surface area contributed by atoms with E-state index in [1.807, 2.05) is 31.2 Å². The van der Waals surface area contributed by atoms with Crippen LogP contribution in [0.25, 0.3) is 0 Å². The Kier molecular flexibility index (Phi) is 5.84. The highest BCUT2D eigenvalue weighted by molar-refractivity contribution is 6.20. The van der Waals surface area contributed by atoms with Gasteiger partial charge in [-0.05, 0) is 36.2 Å². The summed E-state index contributed by atoms with van der Waals surface area (Å²) >= 11 is 0. The van der Waals surface area contributed by atoms with Gasteiger partial charge in [-0.1, -0.05) is 30.3 Å². The average Bonchev–Trinajstić information content (AvgIpc) is 3.03. The van der Waals surface area contributed by atoms with E-state index in [-0.39, 0.29) is 30.2 Å². The van der Waals surface area contributed by atoms with Gasteiger partial charge in [0.15, 0.2) is 6.61 Å². The molecule has 0 radical (unpaired) electrons. The molecule has 0 unspecified atom stereocenters. The lowest BCUT2D eigenvalue weighted by Gasteiger charge is -2.14. The van der Waals surface area contributed by atoms with Gasteiger partial charge in [-0.15, -0.1) is 0 Å². The van der Waals surface area contributed by atoms with Gasteiger partial charge in [0, 0.05) is 19.4 Å². The van der Waals surface area contributed by atoms with Crippen molar-refractivity contribution in [2.45, 2.75) is 26.3 Å². The third-order valence-electron chi connectivity index (χ3n) is 4.46. The number of amides is 3. The van der Waals surface area contributed by atoms with Crippen molar-refractivity contribution in [2.24, 2.45) is 0 Å². The van der Waals surface area contributed by atoms with E-state index in [4.69, 9.17) is 4.74 Å².